The second-order valence-electron chi connectivity index (χ2n) is 7.46. The van der Waals surface area contributed by atoms with E-state index in [1.807, 2.05) is 39.8 Å². The summed E-state index contributed by atoms with van der Waals surface area (Å²) in [6.07, 6.45) is 3.50. The molecule has 0 unspecified atom stereocenters. The number of rotatable bonds is 4. The van der Waals surface area contributed by atoms with E-state index in [2.05, 4.69) is 29.0 Å². The van der Waals surface area contributed by atoms with Gasteiger partial charge in [0, 0.05) is 25.9 Å². The summed E-state index contributed by atoms with van der Waals surface area (Å²) >= 11 is 1.59. The van der Waals surface area contributed by atoms with Crippen LogP contribution in [0.3, 0.4) is 0 Å². The topological polar surface area (TPSA) is 60.2 Å². The van der Waals surface area contributed by atoms with Gasteiger partial charge in [-0.25, -0.2) is 9.97 Å². The lowest BCUT2D eigenvalue weighted by molar-refractivity contribution is -0.133. The third kappa shape index (κ3) is 3.58. The number of ether oxygens (including phenoxy) is 1. The molecule has 0 atom stereocenters. The number of para-hydroxylation sites is 3. The number of fused-ring (bicyclic) bond motifs is 2. The lowest BCUT2D eigenvalue weighted by Gasteiger charge is -2.31. The molecule has 0 spiro atoms. The minimum absolute atomic E-state index is 0.106. The summed E-state index contributed by atoms with van der Waals surface area (Å²) in [5.41, 5.74) is 4.09. The Morgan fingerprint density at radius 2 is 2.00 bits per heavy atom. The van der Waals surface area contributed by atoms with Gasteiger partial charge in [-0.15, -0.1) is 0 Å². The van der Waals surface area contributed by atoms with E-state index in [4.69, 9.17) is 4.74 Å². The van der Waals surface area contributed by atoms with E-state index in [1.54, 1.807) is 17.7 Å². The van der Waals surface area contributed by atoms with E-state index in [1.165, 1.54) is 5.56 Å². The van der Waals surface area contributed by atoms with Crippen molar-refractivity contribution in [3.05, 3.63) is 54.4 Å². The lowest BCUT2D eigenvalue weighted by atomic mass is 10.1. The zero-order valence-electron chi connectivity index (χ0n) is 16.2. The Hall–Kier alpha value is -2.93. The van der Waals surface area contributed by atoms with E-state index in [-0.39, 0.29) is 12.0 Å². The molecule has 0 radical (unpaired) electrons. The molecule has 7 heteroatoms. The third-order valence-corrected chi connectivity index (χ3v) is 6.41. The zero-order valence-corrected chi connectivity index (χ0v) is 17.1. The normalized spacial score (nSPS) is 15.3. The van der Waals surface area contributed by atoms with Crippen molar-refractivity contribution >= 4 is 38.5 Å². The van der Waals surface area contributed by atoms with Crippen LogP contribution in [0.5, 0.6) is 5.19 Å². The standard InChI is InChI=1S/C22H22N4O2S/c1-15-5-4-8-19-21(15)24-22(29-19)28-16-9-11-25(12-10-16)20(27)13-26-14-23-17-6-2-3-7-18(17)26/h2-8,14,16H,9-13H2,1H3. The number of carbonyl (C=O) groups is 1. The first-order chi connectivity index (χ1) is 14.2. The van der Waals surface area contributed by atoms with Crippen molar-refractivity contribution in [3.8, 4) is 5.19 Å². The Morgan fingerprint density at radius 1 is 1.17 bits per heavy atom. The van der Waals surface area contributed by atoms with Crippen LogP contribution in [0, 0.1) is 6.92 Å². The number of benzene rings is 2. The smallest absolute Gasteiger partial charge is 0.274 e. The molecule has 2 aromatic heterocycles. The van der Waals surface area contributed by atoms with E-state index in [0.717, 1.165) is 39.3 Å². The summed E-state index contributed by atoms with van der Waals surface area (Å²) < 4.78 is 9.21. The summed E-state index contributed by atoms with van der Waals surface area (Å²) in [5, 5.41) is 0.726. The molecule has 1 aliphatic heterocycles. The second-order valence-corrected chi connectivity index (χ2v) is 8.45. The number of thiazole rings is 1. The van der Waals surface area contributed by atoms with Gasteiger partial charge in [0.15, 0.2) is 0 Å². The van der Waals surface area contributed by atoms with Crippen LogP contribution in [-0.4, -0.2) is 44.5 Å². The maximum Gasteiger partial charge on any atom is 0.274 e. The van der Waals surface area contributed by atoms with Crippen molar-refractivity contribution in [2.45, 2.75) is 32.4 Å². The van der Waals surface area contributed by atoms with Crippen LogP contribution in [0.1, 0.15) is 18.4 Å². The van der Waals surface area contributed by atoms with Gasteiger partial charge in [0.2, 0.25) is 5.91 Å². The highest BCUT2D eigenvalue weighted by Gasteiger charge is 2.25. The Morgan fingerprint density at radius 3 is 2.83 bits per heavy atom. The molecule has 0 N–H and O–H groups in total. The van der Waals surface area contributed by atoms with Gasteiger partial charge in [-0.3, -0.25) is 4.79 Å². The molecule has 3 heterocycles. The van der Waals surface area contributed by atoms with Gasteiger partial charge in [0.25, 0.3) is 5.19 Å². The Labute approximate surface area is 172 Å². The van der Waals surface area contributed by atoms with Crippen LogP contribution in [0.25, 0.3) is 21.3 Å². The highest BCUT2D eigenvalue weighted by atomic mass is 32.1. The van der Waals surface area contributed by atoms with Crippen LogP contribution < -0.4 is 4.74 Å². The molecule has 4 aromatic rings. The fourth-order valence-electron chi connectivity index (χ4n) is 3.86. The number of aryl methyl sites for hydroxylation is 1. The second kappa shape index (κ2) is 7.48. The van der Waals surface area contributed by atoms with E-state index in [9.17, 15) is 4.79 Å². The number of carbonyl (C=O) groups excluding carboxylic acids is 1. The minimum Gasteiger partial charge on any atom is -0.467 e. The van der Waals surface area contributed by atoms with Crippen molar-refractivity contribution in [1.82, 2.24) is 19.4 Å². The molecule has 1 saturated heterocycles. The van der Waals surface area contributed by atoms with Crippen LogP contribution in [0.4, 0.5) is 0 Å². The van der Waals surface area contributed by atoms with Crippen molar-refractivity contribution in [2.24, 2.45) is 0 Å². The predicted molar refractivity (Wildman–Crippen MR) is 114 cm³/mol. The predicted octanol–water partition coefficient (Wildman–Crippen LogP) is 4.02. The molecule has 6 nitrogen and oxygen atoms in total. The molecule has 0 aliphatic carbocycles. The molecular formula is C22H22N4O2S. The maximum absolute atomic E-state index is 12.8. The SMILES string of the molecule is Cc1cccc2sc(OC3CCN(C(=O)Cn4cnc5ccccc54)CC3)nc12. The summed E-state index contributed by atoms with van der Waals surface area (Å²) in [6.45, 7) is 3.81. The summed E-state index contributed by atoms with van der Waals surface area (Å²) in [6, 6.07) is 14.1. The van der Waals surface area contributed by atoms with Gasteiger partial charge in [-0.05, 0) is 30.7 Å². The van der Waals surface area contributed by atoms with Gasteiger partial charge in [0.1, 0.15) is 12.6 Å². The Balaban J connectivity index is 1.19. The summed E-state index contributed by atoms with van der Waals surface area (Å²) in [7, 11) is 0. The largest absolute Gasteiger partial charge is 0.467 e. The van der Waals surface area contributed by atoms with Crippen LogP contribution in [-0.2, 0) is 11.3 Å². The average Bonchev–Trinajstić information content (AvgIpc) is 3.33. The fraction of sp³-hybridized carbons (Fsp3) is 0.318. The molecule has 2 aromatic carbocycles. The first-order valence-corrected chi connectivity index (χ1v) is 10.7. The number of piperidine rings is 1. The zero-order chi connectivity index (χ0) is 19.8. The first-order valence-electron chi connectivity index (χ1n) is 9.88. The highest BCUT2D eigenvalue weighted by molar-refractivity contribution is 7.20. The molecule has 0 saturated carbocycles. The Bertz CT molecular complexity index is 1170. The number of likely N-dealkylation sites (tertiary alicyclic amines) is 1. The number of hydrogen-bond donors (Lipinski definition) is 0. The quantitative estimate of drug-likeness (QED) is 0.514. The highest BCUT2D eigenvalue weighted by Crippen LogP contribution is 2.31. The molecule has 1 amide bonds. The van der Waals surface area contributed by atoms with E-state index < -0.39 is 0 Å². The molecular weight excluding hydrogens is 384 g/mol. The number of amides is 1. The Kier molecular flexibility index (Phi) is 4.67. The van der Waals surface area contributed by atoms with E-state index in [0.29, 0.717) is 19.6 Å². The molecule has 29 heavy (non-hydrogen) atoms. The van der Waals surface area contributed by atoms with Crippen molar-refractivity contribution < 1.29 is 9.53 Å². The van der Waals surface area contributed by atoms with Crippen molar-refractivity contribution in [2.75, 3.05) is 13.1 Å². The fourth-order valence-corrected chi connectivity index (χ4v) is 4.82. The third-order valence-electron chi connectivity index (χ3n) is 5.50. The molecule has 1 aliphatic rings. The van der Waals surface area contributed by atoms with Crippen molar-refractivity contribution in [1.29, 1.82) is 0 Å². The van der Waals surface area contributed by atoms with Crippen LogP contribution in [0.15, 0.2) is 48.8 Å². The van der Waals surface area contributed by atoms with Gasteiger partial charge in [-0.1, -0.05) is 35.6 Å². The summed E-state index contributed by atoms with van der Waals surface area (Å²) in [5.74, 6) is 0.127. The number of nitrogens with zero attached hydrogens (tertiary/aromatic N) is 4. The lowest BCUT2D eigenvalue weighted by Crippen LogP contribution is -2.43. The minimum atomic E-state index is 0.106. The first kappa shape index (κ1) is 18.1. The van der Waals surface area contributed by atoms with Gasteiger partial charge < -0.3 is 14.2 Å². The number of aromatic nitrogens is 3. The number of hydrogen-bond acceptors (Lipinski definition) is 5. The number of imidazole rings is 1. The maximum atomic E-state index is 12.8. The van der Waals surface area contributed by atoms with Crippen LogP contribution in [0.2, 0.25) is 0 Å². The van der Waals surface area contributed by atoms with Crippen molar-refractivity contribution in [3.63, 3.8) is 0 Å². The van der Waals surface area contributed by atoms with Crippen LogP contribution >= 0.6 is 11.3 Å². The van der Waals surface area contributed by atoms with Gasteiger partial charge >= 0.3 is 0 Å². The monoisotopic (exact) mass is 406 g/mol. The average molecular weight is 407 g/mol. The summed E-state index contributed by atoms with van der Waals surface area (Å²) in [4.78, 5) is 23.7. The van der Waals surface area contributed by atoms with E-state index >= 15 is 0 Å². The van der Waals surface area contributed by atoms with Gasteiger partial charge in [0.05, 0.1) is 27.6 Å². The molecule has 1 fully saturated rings. The molecule has 148 valence electrons. The van der Waals surface area contributed by atoms with Gasteiger partial charge in [-0.2, -0.15) is 0 Å². The molecule has 5 rings (SSSR count). The molecule has 0 bridgehead atoms.